The van der Waals surface area contributed by atoms with E-state index in [1.54, 1.807) is 0 Å². The number of para-hydroxylation sites is 1. The van der Waals surface area contributed by atoms with Crippen LogP contribution in [0.1, 0.15) is 41.5 Å². The van der Waals surface area contributed by atoms with Crippen LogP contribution in [0.3, 0.4) is 0 Å². The van der Waals surface area contributed by atoms with E-state index in [1.165, 1.54) is 24.7 Å². The first-order valence-corrected chi connectivity index (χ1v) is 12.2. The second kappa shape index (κ2) is 9.63. The van der Waals surface area contributed by atoms with E-state index in [-0.39, 0.29) is 0 Å². The highest BCUT2D eigenvalue weighted by Gasteiger charge is 2.24. The largest absolute Gasteiger partial charge is 0.335 e. The number of hydrogen-bond donors (Lipinski definition) is 0. The van der Waals surface area contributed by atoms with Gasteiger partial charge in [-0.3, -0.25) is 0 Å². The van der Waals surface area contributed by atoms with Crippen molar-refractivity contribution in [3.8, 4) is 0 Å². The van der Waals surface area contributed by atoms with Gasteiger partial charge >= 0.3 is 0 Å². The maximum Gasteiger partial charge on any atom is 0.111 e. The fourth-order valence-corrected chi connectivity index (χ4v) is 7.78. The van der Waals surface area contributed by atoms with Crippen molar-refractivity contribution >= 4 is 57.3 Å². The number of thioether (sulfide) groups is 3. The third kappa shape index (κ3) is 5.88. The van der Waals surface area contributed by atoms with Crippen LogP contribution in [0.5, 0.6) is 0 Å². The Morgan fingerprint density at radius 2 is 1.28 bits per heavy atom. The van der Waals surface area contributed by atoms with E-state index in [1.807, 2.05) is 46.6 Å². The average Bonchev–Trinajstić information content (AvgIpc) is 2.83. The predicted molar refractivity (Wildman–Crippen MR) is 122 cm³/mol. The van der Waals surface area contributed by atoms with Gasteiger partial charge in [-0.25, -0.2) is 0 Å². The summed E-state index contributed by atoms with van der Waals surface area (Å²) < 4.78 is 1.47. The standard InChI is InChI=1S/C20H29NS4/c1-13(2)22-17-18(23-14(3)4)20(24-15(5)6)25-19(17)21(7)16-11-9-8-10-12-16/h8-15H,1-7H3. The molecule has 0 aliphatic rings. The van der Waals surface area contributed by atoms with Gasteiger partial charge in [0.1, 0.15) is 5.00 Å². The molecule has 138 valence electrons. The van der Waals surface area contributed by atoms with Gasteiger partial charge < -0.3 is 4.90 Å². The fraction of sp³-hybridized carbons (Fsp3) is 0.500. The van der Waals surface area contributed by atoms with Crippen LogP contribution >= 0.6 is 46.6 Å². The monoisotopic (exact) mass is 411 g/mol. The lowest BCUT2D eigenvalue weighted by molar-refractivity contribution is 1.06. The summed E-state index contributed by atoms with van der Waals surface area (Å²) in [5, 5.41) is 3.12. The molecule has 1 heterocycles. The molecule has 2 rings (SSSR count). The van der Waals surface area contributed by atoms with Gasteiger partial charge in [-0.05, 0) is 12.1 Å². The number of rotatable bonds is 8. The molecule has 0 saturated carbocycles. The zero-order valence-electron chi connectivity index (χ0n) is 16.2. The van der Waals surface area contributed by atoms with Crippen LogP contribution in [-0.4, -0.2) is 22.8 Å². The summed E-state index contributed by atoms with van der Waals surface area (Å²) in [6, 6.07) is 10.7. The van der Waals surface area contributed by atoms with Gasteiger partial charge in [-0.15, -0.1) is 46.6 Å². The normalized spacial score (nSPS) is 11.8. The van der Waals surface area contributed by atoms with Gasteiger partial charge in [0.2, 0.25) is 0 Å². The van der Waals surface area contributed by atoms with Gasteiger partial charge in [-0.2, -0.15) is 0 Å². The number of anilines is 2. The Bertz CT molecular complexity index is 662. The smallest absolute Gasteiger partial charge is 0.111 e. The molecule has 0 saturated heterocycles. The Hall–Kier alpha value is -0.230. The van der Waals surface area contributed by atoms with Gasteiger partial charge in [-0.1, -0.05) is 59.7 Å². The number of thiophene rings is 1. The van der Waals surface area contributed by atoms with E-state index >= 15 is 0 Å². The van der Waals surface area contributed by atoms with E-state index in [2.05, 4.69) is 83.8 Å². The predicted octanol–water partition coefficient (Wildman–Crippen LogP) is 8.02. The van der Waals surface area contributed by atoms with Crippen LogP contribution < -0.4 is 4.90 Å². The van der Waals surface area contributed by atoms with E-state index in [9.17, 15) is 0 Å². The molecule has 5 heteroatoms. The molecule has 0 unspecified atom stereocenters. The number of benzene rings is 1. The first-order chi connectivity index (χ1) is 11.8. The number of hydrogen-bond acceptors (Lipinski definition) is 5. The van der Waals surface area contributed by atoms with Crippen molar-refractivity contribution in [2.24, 2.45) is 0 Å². The van der Waals surface area contributed by atoms with Crippen LogP contribution in [0.15, 0.2) is 44.3 Å². The van der Waals surface area contributed by atoms with Crippen molar-refractivity contribution in [3.63, 3.8) is 0 Å². The second-order valence-corrected chi connectivity index (χ2v) is 12.8. The van der Waals surface area contributed by atoms with Crippen molar-refractivity contribution in [2.45, 2.75) is 71.3 Å². The third-order valence-corrected chi connectivity index (χ3v) is 8.50. The molecule has 1 aromatic carbocycles. The minimum atomic E-state index is 0.570. The summed E-state index contributed by atoms with van der Waals surface area (Å²) in [5.74, 6) is 0. The Labute approximate surface area is 170 Å². The molecule has 25 heavy (non-hydrogen) atoms. The fourth-order valence-electron chi connectivity index (χ4n) is 2.33. The summed E-state index contributed by atoms with van der Waals surface area (Å²) in [6.45, 7) is 13.7. The third-order valence-electron chi connectivity index (χ3n) is 3.27. The first kappa shape index (κ1) is 21.1. The molecule has 0 N–H and O–H groups in total. The van der Waals surface area contributed by atoms with E-state index in [0.717, 1.165) is 0 Å². The second-order valence-electron chi connectivity index (χ2n) is 6.75. The highest BCUT2D eigenvalue weighted by molar-refractivity contribution is 8.05. The van der Waals surface area contributed by atoms with E-state index < -0.39 is 0 Å². The molecule has 0 aliphatic carbocycles. The van der Waals surface area contributed by atoms with Crippen molar-refractivity contribution in [1.82, 2.24) is 0 Å². The molecule has 0 bridgehead atoms. The molecule has 0 aliphatic heterocycles. The number of nitrogens with zero attached hydrogens (tertiary/aromatic N) is 1. The van der Waals surface area contributed by atoms with Crippen molar-refractivity contribution in [2.75, 3.05) is 11.9 Å². The molecule has 0 fully saturated rings. The summed E-state index contributed by atoms with van der Waals surface area (Å²) >= 11 is 7.96. The SMILES string of the molecule is CC(C)Sc1sc(N(C)c2ccccc2)c(SC(C)C)c1SC(C)C. The summed E-state index contributed by atoms with van der Waals surface area (Å²) in [4.78, 5) is 5.29. The molecule has 0 atom stereocenters. The maximum atomic E-state index is 2.35. The van der Waals surface area contributed by atoms with Crippen LogP contribution in [0, 0.1) is 0 Å². The van der Waals surface area contributed by atoms with Crippen molar-refractivity contribution in [3.05, 3.63) is 30.3 Å². The maximum absolute atomic E-state index is 2.35. The molecule has 0 spiro atoms. The van der Waals surface area contributed by atoms with Crippen LogP contribution in [0.2, 0.25) is 0 Å². The van der Waals surface area contributed by atoms with E-state index in [0.29, 0.717) is 15.7 Å². The van der Waals surface area contributed by atoms with Gasteiger partial charge in [0, 0.05) is 33.4 Å². The van der Waals surface area contributed by atoms with Gasteiger partial charge in [0.25, 0.3) is 0 Å². The Morgan fingerprint density at radius 3 is 1.80 bits per heavy atom. The lowest BCUT2D eigenvalue weighted by atomic mass is 10.3. The quantitative estimate of drug-likeness (QED) is 0.404. The van der Waals surface area contributed by atoms with Crippen LogP contribution in [0.4, 0.5) is 10.7 Å². The van der Waals surface area contributed by atoms with Crippen LogP contribution in [-0.2, 0) is 0 Å². The first-order valence-electron chi connectivity index (χ1n) is 8.75. The highest BCUT2D eigenvalue weighted by atomic mass is 32.2. The molecule has 0 radical (unpaired) electrons. The molecule has 2 aromatic rings. The molecular weight excluding hydrogens is 382 g/mol. The van der Waals surface area contributed by atoms with Crippen molar-refractivity contribution in [1.29, 1.82) is 0 Å². The summed E-state index contributed by atoms with van der Waals surface area (Å²) in [6.07, 6.45) is 0. The van der Waals surface area contributed by atoms with Gasteiger partial charge in [0.05, 0.1) is 9.10 Å². The summed E-state index contributed by atoms with van der Waals surface area (Å²) in [5.41, 5.74) is 1.25. The van der Waals surface area contributed by atoms with E-state index in [4.69, 9.17) is 0 Å². The summed E-state index contributed by atoms with van der Waals surface area (Å²) in [7, 11) is 2.19. The zero-order chi connectivity index (χ0) is 18.6. The van der Waals surface area contributed by atoms with Gasteiger partial charge in [0.15, 0.2) is 0 Å². The Balaban J connectivity index is 2.54. The van der Waals surface area contributed by atoms with Crippen molar-refractivity contribution < 1.29 is 0 Å². The lowest BCUT2D eigenvalue weighted by Crippen LogP contribution is -2.08. The Kier molecular flexibility index (Phi) is 8.12. The molecule has 1 nitrogen and oxygen atoms in total. The minimum absolute atomic E-state index is 0.570. The highest BCUT2D eigenvalue weighted by Crippen LogP contribution is 2.54. The zero-order valence-corrected chi connectivity index (χ0v) is 19.5. The molecule has 1 aromatic heterocycles. The minimum Gasteiger partial charge on any atom is -0.335 e. The molecule has 0 amide bonds. The Morgan fingerprint density at radius 1 is 0.760 bits per heavy atom. The average molecular weight is 412 g/mol. The lowest BCUT2D eigenvalue weighted by Gasteiger charge is -2.20. The topological polar surface area (TPSA) is 3.24 Å². The molecular formula is C20H29NS4. The van der Waals surface area contributed by atoms with Crippen LogP contribution in [0.25, 0.3) is 0 Å².